The molecule has 2 aliphatic rings. The lowest BCUT2D eigenvalue weighted by molar-refractivity contribution is 0.0147. The molecule has 0 aliphatic carbocycles. The van der Waals surface area contributed by atoms with Gasteiger partial charge < -0.3 is 20.1 Å². The molecule has 5 nitrogen and oxygen atoms in total. The first-order chi connectivity index (χ1) is 7.79. The van der Waals surface area contributed by atoms with Gasteiger partial charge in [0.1, 0.15) is 0 Å². The number of amides is 1. The van der Waals surface area contributed by atoms with Crippen LogP contribution in [0, 0.1) is 5.92 Å². The molecule has 0 aromatic rings. The van der Waals surface area contributed by atoms with Crippen LogP contribution in [0.4, 0.5) is 4.79 Å². The molecule has 16 heavy (non-hydrogen) atoms. The molecule has 2 fully saturated rings. The topological polar surface area (TPSA) is 64.8 Å². The Hall–Kier alpha value is -0.810. The molecule has 92 valence electrons. The number of hydrogen-bond acceptors (Lipinski definition) is 4. The van der Waals surface area contributed by atoms with Crippen molar-refractivity contribution in [1.82, 2.24) is 4.90 Å². The van der Waals surface area contributed by atoms with Crippen molar-refractivity contribution in [2.45, 2.75) is 25.4 Å². The van der Waals surface area contributed by atoms with Gasteiger partial charge in [-0.3, -0.25) is 0 Å². The number of carbonyl (C=O) groups excluding carboxylic acids is 1. The molecule has 0 radical (unpaired) electrons. The van der Waals surface area contributed by atoms with Gasteiger partial charge >= 0.3 is 6.09 Å². The second-order valence-corrected chi connectivity index (χ2v) is 4.56. The lowest BCUT2D eigenvalue weighted by atomic mass is 10.0. The predicted octanol–water partition coefficient (Wildman–Crippen LogP) is 0.583. The van der Waals surface area contributed by atoms with E-state index in [0.717, 1.165) is 32.4 Å². The summed E-state index contributed by atoms with van der Waals surface area (Å²) in [4.78, 5) is 13.3. The highest BCUT2D eigenvalue weighted by molar-refractivity contribution is 5.68. The summed E-state index contributed by atoms with van der Waals surface area (Å²) in [5.41, 5.74) is 5.52. The molecule has 2 unspecified atom stereocenters. The quantitative estimate of drug-likeness (QED) is 0.764. The van der Waals surface area contributed by atoms with Crippen molar-refractivity contribution in [3.05, 3.63) is 0 Å². The average molecular weight is 228 g/mol. The number of rotatable bonds is 4. The van der Waals surface area contributed by atoms with Crippen LogP contribution in [0.25, 0.3) is 0 Å². The molecule has 2 atom stereocenters. The molecule has 0 bridgehead atoms. The van der Waals surface area contributed by atoms with Crippen molar-refractivity contribution < 1.29 is 14.3 Å². The maximum atomic E-state index is 11.5. The van der Waals surface area contributed by atoms with Crippen molar-refractivity contribution in [2.75, 3.05) is 32.8 Å². The molecule has 2 saturated heterocycles. The minimum atomic E-state index is -0.205. The first-order valence-corrected chi connectivity index (χ1v) is 6.03. The number of ether oxygens (including phenoxy) is 2. The Labute approximate surface area is 95.9 Å². The fourth-order valence-corrected chi connectivity index (χ4v) is 2.31. The molecule has 2 heterocycles. The monoisotopic (exact) mass is 228 g/mol. The van der Waals surface area contributed by atoms with Crippen molar-refractivity contribution in [2.24, 2.45) is 11.7 Å². The molecule has 5 heteroatoms. The smallest absolute Gasteiger partial charge is 0.409 e. The summed E-state index contributed by atoms with van der Waals surface area (Å²) in [6.07, 6.45) is 3.05. The lowest BCUT2D eigenvalue weighted by Gasteiger charge is -2.33. The number of cyclic esters (lactones) is 1. The van der Waals surface area contributed by atoms with Crippen molar-refractivity contribution in [3.8, 4) is 0 Å². The Morgan fingerprint density at radius 3 is 3.06 bits per heavy atom. The summed E-state index contributed by atoms with van der Waals surface area (Å²) >= 11 is 0. The molecule has 1 amide bonds. The van der Waals surface area contributed by atoms with Gasteiger partial charge in [0.15, 0.2) is 0 Å². The Morgan fingerprint density at radius 1 is 1.50 bits per heavy atom. The highest BCUT2D eigenvalue weighted by atomic mass is 16.6. The highest BCUT2D eigenvalue weighted by Gasteiger charge is 2.29. The fraction of sp³-hybridized carbons (Fsp3) is 0.909. The van der Waals surface area contributed by atoms with Gasteiger partial charge in [0.25, 0.3) is 0 Å². The van der Waals surface area contributed by atoms with Crippen LogP contribution < -0.4 is 5.73 Å². The largest absolute Gasteiger partial charge is 0.449 e. The third-order valence-corrected chi connectivity index (χ3v) is 3.20. The van der Waals surface area contributed by atoms with Crippen LogP contribution in [0.2, 0.25) is 0 Å². The summed E-state index contributed by atoms with van der Waals surface area (Å²) in [5.74, 6) is 0.379. The van der Waals surface area contributed by atoms with Gasteiger partial charge in [0, 0.05) is 19.1 Å². The van der Waals surface area contributed by atoms with Gasteiger partial charge in [0.2, 0.25) is 0 Å². The molecule has 2 aliphatic heterocycles. The standard InChI is InChI=1S/C11H20N2O3/c12-4-3-9-6-13(11(14)16-8-9)7-10-2-1-5-15-10/h9-10H,1-8,12H2. The first-order valence-electron chi connectivity index (χ1n) is 6.03. The lowest BCUT2D eigenvalue weighted by Crippen LogP contribution is -2.46. The molecule has 2 N–H and O–H groups in total. The third kappa shape index (κ3) is 2.86. The van der Waals surface area contributed by atoms with E-state index < -0.39 is 0 Å². The van der Waals surface area contributed by atoms with E-state index in [4.69, 9.17) is 15.2 Å². The summed E-state index contributed by atoms with van der Waals surface area (Å²) in [7, 11) is 0. The van der Waals surface area contributed by atoms with E-state index in [-0.39, 0.29) is 12.2 Å². The maximum Gasteiger partial charge on any atom is 0.409 e. The SMILES string of the molecule is NCCC1COC(=O)N(CC2CCCO2)C1. The van der Waals surface area contributed by atoms with E-state index in [1.54, 1.807) is 4.90 Å². The summed E-state index contributed by atoms with van der Waals surface area (Å²) in [5, 5.41) is 0. The van der Waals surface area contributed by atoms with E-state index in [2.05, 4.69) is 0 Å². The number of nitrogens with zero attached hydrogens (tertiary/aromatic N) is 1. The van der Waals surface area contributed by atoms with E-state index in [9.17, 15) is 4.79 Å². The van der Waals surface area contributed by atoms with Crippen molar-refractivity contribution in [3.63, 3.8) is 0 Å². The molecular weight excluding hydrogens is 208 g/mol. The predicted molar refractivity (Wildman–Crippen MR) is 59.1 cm³/mol. The minimum absolute atomic E-state index is 0.198. The van der Waals surface area contributed by atoms with Gasteiger partial charge in [-0.15, -0.1) is 0 Å². The van der Waals surface area contributed by atoms with Gasteiger partial charge in [-0.05, 0) is 25.8 Å². The zero-order valence-corrected chi connectivity index (χ0v) is 9.56. The number of carbonyl (C=O) groups is 1. The van der Waals surface area contributed by atoms with Gasteiger partial charge in [-0.1, -0.05) is 0 Å². The van der Waals surface area contributed by atoms with E-state index >= 15 is 0 Å². The second kappa shape index (κ2) is 5.50. The maximum absolute atomic E-state index is 11.5. The van der Waals surface area contributed by atoms with Crippen LogP contribution in [-0.4, -0.2) is 49.9 Å². The zero-order valence-electron chi connectivity index (χ0n) is 9.56. The van der Waals surface area contributed by atoms with E-state index in [1.165, 1.54) is 0 Å². The zero-order chi connectivity index (χ0) is 11.4. The van der Waals surface area contributed by atoms with Crippen LogP contribution in [0.1, 0.15) is 19.3 Å². The van der Waals surface area contributed by atoms with E-state index in [1.807, 2.05) is 0 Å². The molecule has 0 aromatic heterocycles. The summed E-state index contributed by atoms with van der Waals surface area (Å²) in [6, 6.07) is 0. The fourth-order valence-electron chi connectivity index (χ4n) is 2.31. The summed E-state index contributed by atoms with van der Waals surface area (Å²) < 4.78 is 10.7. The molecule has 2 rings (SSSR count). The van der Waals surface area contributed by atoms with Crippen LogP contribution in [0.5, 0.6) is 0 Å². The third-order valence-electron chi connectivity index (χ3n) is 3.20. The van der Waals surface area contributed by atoms with Crippen molar-refractivity contribution in [1.29, 1.82) is 0 Å². The Morgan fingerprint density at radius 2 is 2.38 bits per heavy atom. The normalized spacial score (nSPS) is 30.6. The minimum Gasteiger partial charge on any atom is -0.449 e. The van der Waals surface area contributed by atoms with Gasteiger partial charge in [0.05, 0.1) is 19.3 Å². The summed E-state index contributed by atoms with van der Waals surface area (Å²) in [6.45, 7) is 3.41. The van der Waals surface area contributed by atoms with Crippen LogP contribution >= 0.6 is 0 Å². The second-order valence-electron chi connectivity index (χ2n) is 4.56. The Balaban J connectivity index is 1.82. The molecule has 0 saturated carbocycles. The van der Waals surface area contributed by atoms with Gasteiger partial charge in [-0.25, -0.2) is 4.79 Å². The average Bonchev–Trinajstić information content (AvgIpc) is 2.76. The first kappa shape index (κ1) is 11.7. The Kier molecular flexibility index (Phi) is 4.01. The molecule has 0 spiro atoms. The molecular formula is C11H20N2O3. The van der Waals surface area contributed by atoms with Gasteiger partial charge in [-0.2, -0.15) is 0 Å². The highest BCUT2D eigenvalue weighted by Crippen LogP contribution is 2.18. The van der Waals surface area contributed by atoms with Crippen LogP contribution in [-0.2, 0) is 9.47 Å². The van der Waals surface area contributed by atoms with Crippen LogP contribution in [0.15, 0.2) is 0 Å². The van der Waals surface area contributed by atoms with Crippen molar-refractivity contribution >= 4 is 6.09 Å². The molecule has 0 aromatic carbocycles. The number of nitrogens with two attached hydrogens (primary N) is 1. The number of hydrogen-bond donors (Lipinski definition) is 1. The van der Waals surface area contributed by atoms with Crippen LogP contribution in [0.3, 0.4) is 0 Å². The van der Waals surface area contributed by atoms with E-state index in [0.29, 0.717) is 25.6 Å². The Bertz CT molecular complexity index is 241.